The van der Waals surface area contributed by atoms with Crippen molar-refractivity contribution >= 4 is 50.1 Å². The summed E-state index contributed by atoms with van der Waals surface area (Å²) in [6.07, 6.45) is 0. The molecule has 0 atom stereocenters. The molecule has 0 saturated carbocycles. The van der Waals surface area contributed by atoms with Crippen molar-refractivity contribution in [2.45, 2.75) is 12.1 Å². The fourth-order valence-electron chi connectivity index (χ4n) is 2.56. The van der Waals surface area contributed by atoms with E-state index in [1.807, 2.05) is 60.8 Å². The van der Waals surface area contributed by atoms with Crippen LogP contribution in [-0.2, 0) is 4.79 Å². The first-order valence-corrected chi connectivity index (χ1v) is 11.4. The molecule has 1 amide bonds. The molecule has 29 heavy (non-hydrogen) atoms. The molecule has 2 heterocycles. The summed E-state index contributed by atoms with van der Waals surface area (Å²) in [5.41, 5.74) is 4.00. The number of benzene rings is 2. The van der Waals surface area contributed by atoms with Gasteiger partial charge in [0.05, 0.1) is 11.4 Å². The molecule has 0 aliphatic carbocycles. The maximum absolute atomic E-state index is 12.3. The molecule has 0 fully saturated rings. The predicted octanol–water partition coefficient (Wildman–Crippen LogP) is 5.40. The van der Waals surface area contributed by atoms with Gasteiger partial charge in [-0.15, -0.1) is 16.4 Å². The van der Waals surface area contributed by atoms with Crippen molar-refractivity contribution in [2.24, 2.45) is 0 Å². The largest absolute Gasteiger partial charge is 0.301 e. The molecule has 0 bridgehead atoms. The fraction of sp³-hybridized carbons (Fsp3) is 0.100. The second kappa shape index (κ2) is 8.89. The molecule has 0 unspecified atom stereocenters. The smallest absolute Gasteiger partial charge is 0.236 e. The highest BCUT2D eigenvalue weighted by Gasteiger charge is 2.12. The summed E-state index contributed by atoms with van der Waals surface area (Å²) < 4.78 is 0.929. The number of amides is 1. The van der Waals surface area contributed by atoms with Gasteiger partial charge in [0.1, 0.15) is 0 Å². The van der Waals surface area contributed by atoms with Crippen molar-refractivity contribution in [2.75, 3.05) is 11.1 Å². The number of rotatable bonds is 6. The molecule has 6 nitrogen and oxygen atoms in total. The molecular formula is C20H16BrN5OS2. The number of nitrogens with one attached hydrogen (secondary N) is 2. The Morgan fingerprint density at radius 1 is 1.17 bits per heavy atom. The normalized spacial score (nSPS) is 10.8. The van der Waals surface area contributed by atoms with Gasteiger partial charge < -0.3 is 5.32 Å². The van der Waals surface area contributed by atoms with Crippen LogP contribution in [0.1, 0.15) is 5.56 Å². The van der Waals surface area contributed by atoms with Gasteiger partial charge in [-0.05, 0) is 13.0 Å². The second-order valence-corrected chi connectivity index (χ2v) is 8.84. The van der Waals surface area contributed by atoms with Gasteiger partial charge in [0.2, 0.25) is 11.1 Å². The Labute approximate surface area is 184 Å². The van der Waals surface area contributed by atoms with Crippen LogP contribution in [0.25, 0.3) is 22.6 Å². The first-order valence-electron chi connectivity index (χ1n) is 8.71. The standard InChI is InChI=1S/C20H16BrN5OS2/c1-12-6-8-13(9-7-12)16-10-28-19(22-16)23-17(27)11-29-20-24-18(25-26-20)14-4-2-3-5-15(14)21/h2-10H,11H2,1H3,(H,22,23,27)(H,24,25,26). The van der Waals surface area contributed by atoms with Gasteiger partial charge in [0.25, 0.3) is 0 Å². The zero-order chi connectivity index (χ0) is 20.2. The lowest BCUT2D eigenvalue weighted by atomic mass is 10.1. The Hall–Kier alpha value is -2.49. The van der Waals surface area contributed by atoms with E-state index in [1.165, 1.54) is 28.7 Å². The number of carbonyl (C=O) groups is 1. The zero-order valence-corrected chi connectivity index (χ0v) is 18.6. The number of thiazole rings is 1. The zero-order valence-electron chi connectivity index (χ0n) is 15.3. The molecule has 0 saturated heterocycles. The van der Waals surface area contributed by atoms with E-state index >= 15 is 0 Å². The molecule has 2 aromatic heterocycles. The fourth-order valence-corrected chi connectivity index (χ4v) is 4.36. The molecule has 2 aromatic carbocycles. The third kappa shape index (κ3) is 4.92. The van der Waals surface area contributed by atoms with E-state index in [1.54, 1.807) is 0 Å². The topological polar surface area (TPSA) is 83.6 Å². The van der Waals surface area contributed by atoms with E-state index in [2.05, 4.69) is 41.4 Å². The summed E-state index contributed by atoms with van der Waals surface area (Å²) in [5.74, 6) is 0.710. The van der Waals surface area contributed by atoms with Gasteiger partial charge in [-0.2, -0.15) is 0 Å². The van der Waals surface area contributed by atoms with Crippen molar-refractivity contribution in [1.82, 2.24) is 20.2 Å². The third-order valence-corrected chi connectivity index (χ3v) is 6.32. The van der Waals surface area contributed by atoms with E-state index in [9.17, 15) is 4.79 Å². The number of thioether (sulfide) groups is 1. The van der Waals surface area contributed by atoms with E-state index in [0.29, 0.717) is 16.1 Å². The summed E-state index contributed by atoms with van der Waals surface area (Å²) in [4.78, 5) is 21.2. The number of aromatic amines is 1. The van der Waals surface area contributed by atoms with Crippen LogP contribution in [-0.4, -0.2) is 31.8 Å². The second-order valence-electron chi connectivity index (χ2n) is 6.19. The number of carbonyl (C=O) groups excluding carboxylic acids is 1. The molecular weight excluding hydrogens is 470 g/mol. The van der Waals surface area contributed by atoms with Crippen LogP contribution in [0.4, 0.5) is 5.13 Å². The van der Waals surface area contributed by atoms with E-state index in [0.717, 1.165) is 21.3 Å². The highest BCUT2D eigenvalue weighted by atomic mass is 79.9. The van der Waals surface area contributed by atoms with E-state index in [4.69, 9.17) is 0 Å². The van der Waals surface area contributed by atoms with Gasteiger partial charge in [-0.25, -0.2) is 9.97 Å². The molecule has 0 aliphatic rings. The summed E-state index contributed by atoms with van der Waals surface area (Å²) in [5, 5.41) is 13.0. The summed E-state index contributed by atoms with van der Waals surface area (Å²) in [7, 11) is 0. The number of hydrogen-bond acceptors (Lipinski definition) is 6. The van der Waals surface area contributed by atoms with Crippen LogP contribution in [0, 0.1) is 6.92 Å². The molecule has 4 aromatic rings. The highest BCUT2D eigenvalue weighted by molar-refractivity contribution is 9.10. The maximum Gasteiger partial charge on any atom is 0.236 e. The van der Waals surface area contributed by atoms with Crippen molar-refractivity contribution in [1.29, 1.82) is 0 Å². The lowest BCUT2D eigenvalue weighted by Crippen LogP contribution is -2.13. The number of H-pyrrole nitrogens is 1. The van der Waals surface area contributed by atoms with Crippen LogP contribution in [0.5, 0.6) is 0 Å². The van der Waals surface area contributed by atoms with Gasteiger partial charge in [0, 0.05) is 21.0 Å². The number of hydrogen-bond donors (Lipinski definition) is 2. The average molecular weight is 486 g/mol. The Morgan fingerprint density at radius 3 is 2.76 bits per heavy atom. The molecule has 0 spiro atoms. The van der Waals surface area contributed by atoms with Gasteiger partial charge in [-0.1, -0.05) is 75.7 Å². The average Bonchev–Trinajstić information content (AvgIpc) is 3.37. The van der Waals surface area contributed by atoms with Crippen molar-refractivity contribution < 1.29 is 4.79 Å². The number of aromatic nitrogens is 4. The number of nitrogens with zero attached hydrogens (tertiary/aromatic N) is 3. The number of aryl methyl sites for hydroxylation is 1. The lowest BCUT2D eigenvalue weighted by Gasteiger charge is -2.00. The van der Waals surface area contributed by atoms with Crippen LogP contribution in [0.3, 0.4) is 0 Å². The maximum atomic E-state index is 12.3. The predicted molar refractivity (Wildman–Crippen MR) is 121 cm³/mol. The van der Waals surface area contributed by atoms with Crippen LogP contribution < -0.4 is 5.32 Å². The Balaban J connectivity index is 1.34. The first kappa shape index (κ1) is 19.8. The molecule has 0 radical (unpaired) electrons. The molecule has 2 N–H and O–H groups in total. The van der Waals surface area contributed by atoms with Gasteiger partial charge in [0.15, 0.2) is 11.0 Å². The molecule has 0 aliphatic heterocycles. The Kier molecular flexibility index (Phi) is 6.08. The summed E-state index contributed by atoms with van der Waals surface area (Å²) >= 11 is 6.18. The van der Waals surface area contributed by atoms with Gasteiger partial charge in [-0.3, -0.25) is 9.89 Å². The SMILES string of the molecule is Cc1ccc(-c2csc(NC(=O)CSc3n[nH]c(-c4ccccc4Br)n3)n2)cc1. The Morgan fingerprint density at radius 2 is 1.97 bits per heavy atom. The van der Waals surface area contributed by atoms with Crippen LogP contribution in [0.15, 0.2) is 63.5 Å². The quantitative estimate of drug-likeness (QED) is 0.357. The van der Waals surface area contributed by atoms with Crippen molar-refractivity contribution in [3.8, 4) is 22.6 Å². The van der Waals surface area contributed by atoms with Crippen molar-refractivity contribution in [3.05, 3.63) is 63.9 Å². The number of halogens is 1. The lowest BCUT2D eigenvalue weighted by molar-refractivity contribution is -0.113. The van der Waals surface area contributed by atoms with Gasteiger partial charge >= 0.3 is 0 Å². The minimum Gasteiger partial charge on any atom is -0.301 e. The highest BCUT2D eigenvalue weighted by Crippen LogP contribution is 2.27. The number of anilines is 1. The van der Waals surface area contributed by atoms with E-state index < -0.39 is 0 Å². The third-order valence-electron chi connectivity index (χ3n) is 4.02. The Bertz CT molecular complexity index is 1140. The monoisotopic (exact) mass is 485 g/mol. The summed E-state index contributed by atoms with van der Waals surface area (Å²) in [6.45, 7) is 2.05. The molecule has 4 rings (SSSR count). The first-order chi connectivity index (χ1) is 14.1. The minimum absolute atomic E-state index is 0.146. The summed E-state index contributed by atoms with van der Waals surface area (Å²) in [6, 6.07) is 15.9. The van der Waals surface area contributed by atoms with Crippen LogP contribution >= 0.6 is 39.0 Å². The van der Waals surface area contributed by atoms with Crippen LogP contribution in [0.2, 0.25) is 0 Å². The minimum atomic E-state index is -0.146. The van der Waals surface area contributed by atoms with Crippen molar-refractivity contribution in [3.63, 3.8) is 0 Å². The molecule has 9 heteroatoms. The van der Waals surface area contributed by atoms with E-state index in [-0.39, 0.29) is 11.7 Å². The molecule has 146 valence electrons.